The number of carboxylic acids is 1. The summed E-state index contributed by atoms with van der Waals surface area (Å²) in [6.07, 6.45) is 1.49. The van der Waals surface area contributed by atoms with Gasteiger partial charge in [-0.1, -0.05) is 0 Å². The second kappa shape index (κ2) is 5.14. The smallest absolute Gasteiger partial charge is 0.338 e. The number of aromatic nitrogens is 1. The molecule has 6 heteroatoms. The third-order valence-electron chi connectivity index (χ3n) is 2.39. The van der Waals surface area contributed by atoms with Gasteiger partial charge in [0.25, 0.3) is 0 Å². The van der Waals surface area contributed by atoms with E-state index in [4.69, 9.17) is 10.4 Å². The first-order valence-corrected chi connectivity index (χ1v) is 5.27. The van der Waals surface area contributed by atoms with E-state index in [2.05, 4.69) is 10.3 Å². The van der Waals surface area contributed by atoms with Crippen molar-refractivity contribution in [2.75, 3.05) is 5.32 Å². The van der Waals surface area contributed by atoms with Crippen molar-refractivity contribution < 1.29 is 14.3 Å². The van der Waals surface area contributed by atoms with Gasteiger partial charge in [0.05, 0.1) is 11.1 Å². The van der Waals surface area contributed by atoms with E-state index in [0.29, 0.717) is 11.3 Å². The lowest BCUT2D eigenvalue weighted by Gasteiger charge is -2.07. The van der Waals surface area contributed by atoms with E-state index in [-0.39, 0.29) is 5.82 Å². The molecule has 1 aromatic heterocycles. The van der Waals surface area contributed by atoms with Gasteiger partial charge < -0.3 is 10.4 Å². The van der Waals surface area contributed by atoms with Crippen LogP contribution in [-0.4, -0.2) is 16.1 Å². The Morgan fingerprint density at radius 3 is 2.84 bits per heavy atom. The van der Waals surface area contributed by atoms with Gasteiger partial charge in [-0.05, 0) is 30.3 Å². The van der Waals surface area contributed by atoms with Crippen LogP contribution in [0.4, 0.5) is 15.9 Å². The molecule has 1 heterocycles. The maximum Gasteiger partial charge on any atom is 0.338 e. The van der Waals surface area contributed by atoms with Crippen molar-refractivity contribution in [3.63, 3.8) is 0 Å². The van der Waals surface area contributed by atoms with Crippen LogP contribution < -0.4 is 5.32 Å². The second-order valence-corrected chi connectivity index (χ2v) is 3.64. The number of carboxylic acid groups (broad SMARTS) is 1. The van der Waals surface area contributed by atoms with E-state index in [1.807, 2.05) is 6.07 Å². The molecule has 0 saturated carbocycles. The maximum absolute atomic E-state index is 13.5. The van der Waals surface area contributed by atoms with Crippen molar-refractivity contribution in [1.29, 1.82) is 5.26 Å². The highest BCUT2D eigenvalue weighted by Crippen LogP contribution is 2.20. The maximum atomic E-state index is 13.5. The lowest BCUT2D eigenvalue weighted by Crippen LogP contribution is -2.02. The zero-order chi connectivity index (χ0) is 13.8. The molecule has 1 aromatic carbocycles. The molecule has 0 spiro atoms. The molecule has 19 heavy (non-hydrogen) atoms. The van der Waals surface area contributed by atoms with Crippen molar-refractivity contribution in [1.82, 2.24) is 4.98 Å². The van der Waals surface area contributed by atoms with Gasteiger partial charge >= 0.3 is 5.97 Å². The predicted molar refractivity (Wildman–Crippen MR) is 65.6 cm³/mol. The molecular weight excluding hydrogens is 249 g/mol. The highest BCUT2D eigenvalue weighted by molar-refractivity contribution is 5.88. The van der Waals surface area contributed by atoms with E-state index in [9.17, 15) is 9.18 Å². The summed E-state index contributed by atoms with van der Waals surface area (Å²) in [5.41, 5.74) is 0.218. The van der Waals surface area contributed by atoms with Gasteiger partial charge in [-0.25, -0.2) is 14.2 Å². The number of nitrogens with one attached hydrogen (secondary N) is 1. The summed E-state index contributed by atoms with van der Waals surface area (Å²) < 4.78 is 13.5. The first-order chi connectivity index (χ1) is 9.11. The zero-order valence-corrected chi connectivity index (χ0v) is 9.59. The molecule has 2 aromatic rings. The van der Waals surface area contributed by atoms with Crippen LogP contribution in [0.3, 0.4) is 0 Å². The number of nitriles is 1. The lowest BCUT2D eigenvalue weighted by molar-refractivity contribution is 0.0692. The summed E-state index contributed by atoms with van der Waals surface area (Å²) in [6.45, 7) is 0. The van der Waals surface area contributed by atoms with Gasteiger partial charge in [-0.2, -0.15) is 5.26 Å². The first kappa shape index (κ1) is 12.5. The highest BCUT2D eigenvalue weighted by atomic mass is 19.1. The fraction of sp³-hybridized carbons (Fsp3) is 0. The number of carbonyl (C=O) groups is 1. The molecule has 0 bridgehead atoms. The highest BCUT2D eigenvalue weighted by Gasteiger charge is 2.11. The van der Waals surface area contributed by atoms with Crippen molar-refractivity contribution in [2.24, 2.45) is 0 Å². The standard InChI is InChI=1S/C13H8FN3O2/c14-11-6-9(3-4-10(11)13(18)19)17-12-8(7-15)2-1-5-16-12/h1-6H,(H,16,17)(H,18,19). The molecule has 2 N–H and O–H groups in total. The Morgan fingerprint density at radius 2 is 2.21 bits per heavy atom. The minimum atomic E-state index is -1.33. The van der Waals surface area contributed by atoms with Crippen molar-refractivity contribution in [3.8, 4) is 6.07 Å². The molecule has 2 rings (SSSR count). The molecule has 0 aliphatic carbocycles. The second-order valence-electron chi connectivity index (χ2n) is 3.64. The Morgan fingerprint density at radius 1 is 1.42 bits per heavy atom. The number of pyridine rings is 1. The van der Waals surface area contributed by atoms with E-state index in [1.165, 1.54) is 12.3 Å². The number of hydrogen-bond acceptors (Lipinski definition) is 4. The summed E-state index contributed by atoms with van der Waals surface area (Å²) in [5, 5.41) is 20.4. The molecular formula is C13H8FN3O2. The minimum Gasteiger partial charge on any atom is -0.478 e. The van der Waals surface area contributed by atoms with Crippen LogP contribution in [0.25, 0.3) is 0 Å². The van der Waals surface area contributed by atoms with Crippen LogP contribution in [0, 0.1) is 17.1 Å². The van der Waals surface area contributed by atoms with Crippen LogP contribution in [0.1, 0.15) is 15.9 Å². The molecule has 0 unspecified atom stereocenters. The first-order valence-electron chi connectivity index (χ1n) is 5.27. The molecule has 0 fully saturated rings. The Labute approximate surface area is 108 Å². The van der Waals surface area contributed by atoms with Gasteiger partial charge in [0.2, 0.25) is 0 Å². The van der Waals surface area contributed by atoms with Gasteiger partial charge in [0, 0.05) is 11.9 Å². The largest absolute Gasteiger partial charge is 0.478 e. The molecule has 0 aliphatic heterocycles. The van der Waals surface area contributed by atoms with Gasteiger partial charge in [-0.3, -0.25) is 0 Å². The predicted octanol–water partition coefficient (Wildman–Crippen LogP) is 2.53. The fourth-order valence-corrected chi connectivity index (χ4v) is 1.50. The lowest BCUT2D eigenvalue weighted by atomic mass is 10.2. The quantitative estimate of drug-likeness (QED) is 0.882. The van der Waals surface area contributed by atoms with Gasteiger partial charge in [0.15, 0.2) is 0 Å². The Bertz CT molecular complexity index is 680. The van der Waals surface area contributed by atoms with E-state index in [1.54, 1.807) is 12.1 Å². The summed E-state index contributed by atoms with van der Waals surface area (Å²) in [4.78, 5) is 14.6. The SMILES string of the molecule is N#Cc1cccnc1Nc1ccc(C(=O)O)c(F)c1. The molecule has 0 aliphatic rings. The third-order valence-corrected chi connectivity index (χ3v) is 2.39. The molecule has 94 valence electrons. The molecule has 0 saturated heterocycles. The average Bonchev–Trinajstić information content (AvgIpc) is 2.39. The Hall–Kier alpha value is -2.94. The van der Waals surface area contributed by atoms with Crippen LogP contribution in [0.2, 0.25) is 0 Å². The summed E-state index contributed by atoms with van der Waals surface area (Å²) in [7, 11) is 0. The van der Waals surface area contributed by atoms with Crippen LogP contribution in [0.15, 0.2) is 36.5 Å². The average molecular weight is 257 g/mol. The van der Waals surface area contributed by atoms with E-state index in [0.717, 1.165) is 12.1 Å². The summed E-state index contributed by atoms with van der Waals surface area (Å²) in [5.74, 6) is -1.90. The molecule has 0 amide bonds. The number of benzene rings is 1. The van der Waals surface area contributed by atoms with Crippen LogP contribution in [-0.2, 0) is 0 Å². The number of hydrogen-bond donors (Lipinski definition) is 2. The normalized spacial score (nSPS) is 9.68. The topological polar surface area (TPSA) is 86.0 Å². The number of aromatic carboxylic acids is 1. The molecule has 5 nitrogen and oxygen atoms in total. The van der Waals surface area contributed by atoms with Crippen molar-refractivity contribution in [2.45, 2.75) is 0 Å². The van der Waals surface area contributed by atoms with Crippen molar-refractivity contribution >= 4 is 17.5 Å². The number of rotatable bonds is 3. The summed E-state index contributed by atoms with van der Waals surface area (Å²) >= 11 is 0. The van der Waals surface area contributed by atoms with Gasteiger partial charge in [-0.15, -0.1) is 0 Å². The molecule has 0 atom stereocenters. The number of nitrogens with zero attached hydrogens (tertiary/aromatic N) is 2. The van der Waals surface area contributed by atoms with Crippen LogP contribution in [0.5, 0.6) is 0 Å². The Kier molecular flexibility index (Phi) is 3.39. The number of halogens is 1. The third kappa shape index (κ3) is 2.66. The van der Waals surface area contributed by atoms with E-state index >= 15 is 0 Å². The fourth-order valence-electron chi connectivity index (χ4n) is 1.50. The van der Waals surface area contributed by atoms with Crippen molar-refractivity contribution in [3.05, 3.63) is 53.5 Å². The van der Waals surface area contributed by atoms with E-state index < -0.39 is 17.3 Å². The van der Waals surface area contributed by atoms with Gasteiger partial charge in [0.1, 0.15) is 17.7 Å². The molecule has 0 radical (unpaired) electrons. The number of anilines is 2. The minimum absolute atomic E-state index is 0.285. The zero-order valence-electron chi connectivity index (χ0n) is 9.59. The van der Waals surface area contributed by atoms with Crippen LogP contribution >= 0.6 is 0 Å². The summed E-state index contributed by atoms with van der Waals surface area (Å²) in [6, 6.07) is 8.72. The Balaban J connectivity index is 2.32. The monoisotopic (exact) mass is 257 g/mol.